The highest BCUT2D eigenvalue weighted by Gasteiger charge is 2.23. The largest absolute Gasteiger partial charge is 0.447 e. The van der Waals surface area contributed by atoms with Crippen LogP contribution in [0.5, 0.6) is 0 Å². The van der Waals surface area contributed by atoms with Gasteiger partial charge in [-0.3, -0.25) is 14.8 Å². The minimum atomic E-state index is -0.416. The smallest absolute Gasteiger partial charge is 0.414 e. The van der Waals surface area contributed by atoms with Gasteiger partial charge in [0.05, 0.1) is 6.54 Å². The van der Waals surface area contributed by atoms with Crippen LogP contribution in [0.3, 0.4) is 0 Å². The molecule has 0 aliphatic carbocycles. The predicted octanol–water partition coefficient (Wildman–Crippen LogP) is 1.32. The van der Waals surface area contributed by atoms with E-state index in [1.165, 1.54) is 4.90 Å². The first-order valence-electron chi connectivity index (χ1n) is 6.38. The molecule has 1 aliphatic rings. The van der Waals surface area contributed by atoms with Crippen molar-refractivity contribution < 1.29 is 14.3 Å². The summed E-state index contributed by atoms with van der Waals surface area (Å²) < 4.78 is 4.89. The first-order valence-corrected chi connectivity index (χ1v) is 6.38. The molecule has 0 saturated carbocycles. The molecule has 2 amide bonds. The number of hydrogen-bond donors (Lipinski definition) is 2. The lowest BCUT2D eigenvalue weighted by Crippen LogP contribution is -2.23. The number of carbonyl (C=O) groups is 2. The van der Waals surface area contributed by atoms with Crippen LogP contribution in [-0.2, 0) is 4.74 Å². The fourth-order valence-corrected chi connectivity index (χ4v) is 2.01. The van der Waals surface area contributed by atoms with Crippen LogP contribution < -0.4 is 10.2 Å². The molecule has 0 atom stereocenters. The van der Waals surface area contributed by atoms with E-state index >= 15 is 0 Å². The Hall–Kier alpha value is -2.90. The number of ether oxygens (including phenoxy) is 1. The zero-order valence-electron chi connectivity index (χ0n) is 11.3. The second-order valence-electron chi connectivity index (χ2n) is 4.51. The molecule has 3 rings (SSSR count). The van der Waals surface area contributed by atoms with E-state index in [-0.39, 0.29) is 11.9 Å². The van der Waals surface area contributed by atoms with Gasteiger partial charge in [0, 0.05) is 11.4 Å². The third kappa shape index (κ3) is 2.69. The molecular formula is C13H13N5O3. The van der Waals surface area contributed by atoms with Crippen LogP contribution in [0, 0.1) is 6.92 Å². The van der Waals surface area contributed by atoms with Gasteiger partial charge in [0.1, 0.15) is 12.4 Å². The molecule has 8 nitrogen and oxygen atoms in total. The number of hydrogen-bond acceptors (Lipinski definition) is 5. The third-order valence-electron chi connectivity index (χ3n) is 2.98. The monoisotopic (exact) mass is 287 g/mol. The van der Waals surface area contributed by atoms with Gasteiger partial charge in [-0.15, -0.1) is 5.10 Å². The lowest BCUT2D eigenvalue weighted by molar-refractivity contribution is 0.101. The van der Waals surface area contributed by atoms with Crippen molar-refractivity contribution in [3.05, 3.63) is 35.9 Å². The second kappa shape index (κ2) is 5.23. The maximum absolute atomic E-state index is 12.0. The number of benzene rings is 1. The van der Waals surface area contributed by atoms with Crippen LogP contribution in [0.2, 0.25) is 0 Å². The Morgan fingerprint density at radius 1 is 1.48 bits per heavy atom. The summed E-state index contributed by atoms with van der Waals surface area (Å²) in [4.78, 5) is 28.9. The minimum absolute atomic E-state index is 0.0680. The molecule has 2 heterocycles. The van der Waals surface area contributed by atoms with Gasteiger partial charge in [-0.25, -0.2) is 9.78 Å². The van der Waals surface area contributed by atoms with Crippen molar-refractivity contribution in [1.82, 2.24) is 15.2 Å². The summed E-state index contributed by atoms with van der Waals surface area (Å²) in [5.41, 5.74) is 1.22. The van der Waals surface area contributed by atoms with Gasteiger partial charge in [-0.1, -0.05) is 6.07 Å². The number of rotatable bonds is 3. The van der Waals surface area contributed by atoms with E-state index in [0.29, 0.717) is 30.4 Å². The van der Waals surface area contributed by atoms with Crippen molar-refractivity contribution in [3.63, 3.8) is 0 Å². The number of H-pyrrole nitrogens is 1. The average Bonchev–Trinajstić information content (AvgIpc) is 3.08. The molecule has 0 spiro atoms. The van der Waals surface area contributed by atoms with Crippen LogP contribution in [0.15, 0.2) is 24.3 Å². The van der Waals surface area contributed by atoms with E-state index in [2.05, 4.69) is 20.5 Å². The highest BCUT2D eigenvalue weighted by molar-refractivity contribution is 6.02. The van der Waals surface area contributed by atoms with Gasteiger partial charge in [0.25, 0.3) is 5.91 Å². The number of amides is 2. The summed E-state index contributed by atoms with van der Waals surface area (Å²) in [6.07, 6.45) is -0.386. The Kier molecular flexibility index (Phi) is 3.27. The summed E-state index contributed by atoms with van der Waals surface area (Å²) in [5, 5.41) is 9.08. The molecule has 21 heavy (non-hydrogen) atoms. The third-order valence-corrected chi connectivity index (χ3v) is 2.98. The lowest BCUT2D eigenvalue weighted by Gasteiger charge is -2.13. The van der Waals surface area contributed by atoms with Gasteiger partial charge in [0.15, 0.2) is 0 Å². The first-order chi connectivity index (χ1) is 10.1. The van der Waals surface area contributed by atoms with Crippen molar-refractivity contribution in [3.8, 4) is 0 Å². The Balaban J connectivity index is 1.77. The Morgan fingerprint density at radius 2 is 2.33 bits per heavy atom. The van der Waals surface area contributed by atoms with Crippen molar-refractivity contribution in [2.24, 2.45) is 0 Å². The van der Waals surface area contributed by atoms with Crippen molar-refractivity contribution in [2.75, 3.05) is 23.4 Å². The van der Waals surface area contributed by atoms with Crippen molar-refractivity contribution >= 4 is 23.4 Å². The van der Waals surface area contributed by atoms with Gasteiger partial charge in [0.2, 0.25) is 5.82 Å². The standard InChI is InChI=1S/C13H13N5O3/c1-8-14-11(17-16-8)12(19)15-9-3-2-4-10(7-9)18-5-6-21-13(18)20/h2-4,7H,5-6H2,1H3,(H,15,19)(H,14,16,17). The summed E-state index contributed by atoms with van der Waals surface area (Å²) in [6, 6.07) is 6.95. The summed E-state index contributed by atoms with van der Waals surface area (Å²) in [5.74, 6) is 0.215. The van der Waals surface area contributed by atoms with Crippen LogP contribution in [-0.4, -0.2) is 40.3 Å². The Bertz CT molecular complexity index is 697. The zero-order valence-corrected chi connectivity index (χ0v) is 11.3. The second-order valence-corrected chi connectivity index (χ2v) is 4.51. The van der Waals surface area contributed by atoms with Crippen LogP contribution in [0.25, 0.3) is 0 Å². The Labute approximate surface area is 120 Å². The number of cyclic esters (lactones) is 1. The van der Waals surface area contributed by atoms with E-state index in [9.17, 15) is 9.59 Å². The Morgan fingerprint density at radius 3 is 3.00 bits per heavy atom. The molecule has 2 aromatic rings. The summed E-state index contributed by atoms with van der Waals surface area (Å²) in [6.45, 7) is 2.58. The number of anilines is 2. The normalized spacial score (nSPS) is 14.1. The first kappa shape index (κ1) is 13.1. The number of aromatic amines is 1. The van der Waals surface area contributed by atoms with E-state index in [0.717, 1.165) is 0 Å². The predicted molar refractivity (Wildman–Crippen MR) is 74.2 cm³/mol. The molecule has 1 aromatic carbocycles. The molecule has 1 fully saturated rings. The number of nitrogens with zero attached hydrogens (tertiary/aromatic N) is 3. The molecule has 2 N–H and O–H groups in total. The molecule has 0 unspecified atom stereocenters. The minimum Gasteiger partial charge on any atom is -0.447 e. The van der Waals surface area contributed by atoms with Crippen LogP contribution in [0.4, 0.5) is 16.2 Å². The molecule has 8 heteroatoms. The molecule has 108 valence electrons. The van der Waals surface area contributed by atoms with Crippen molar-refractivity contribution in [1.29, 1.82) is 0 Å². The molecule has 0 bridgehead atoms. The number of carbonyl (C=O) groups excluding carboxylic acids is 2. The molecule has 1 aromatic heterocycles. The summed E-state index contributed by atoms with van der Waals surface area (Å²) >= 11 is 0. The molecule has 1 aliphatic heterocycles. The van der Waals surface area contributed by atoms with E-state index in [1.807, 2.05) is 0 Å². The highest BCUT2D eigenvalue weighted by Crippen LogP contribution is 2.22. The number of aryl methyl sites for hydroxylation is 1. The SMILES string of the molecule is Cc1nc(C(=O)Nc2cccc(N3CCOC3=O)c2)n[nH]1. The topological polar surface area (TPSA) is 100 Å². The maximum Gasteiger partial charge on any atom is 0.414 e. The number of aromatic nitrogens is 3. The quantitative estimate of drug-likeness (QED) is 0.886. The van der Waals surface area contributed by atoms with Gasteiger partial charge >= 0.3 is 6.09 Å². The molecule has 1 saturated heterocycles. The van der Waals surface area contributed by atoms with E-state index in [4.69, 9.17) is 4.74 Å². The van der Waals surface area contributed by atoms with Gasteiger partial charge < -0.3 is 10.1 Å². The fraction of sp³-hybridized carbons (Fsp3) is 0.231. The van der Waals surface area contributed by atoms with E-state index in [1.54, 1.807) is 31.2 Å². The van der Waals surface area contributed by atoms with Crippen molar-refractivity contribution in [2.45, 2.75) is 6.92 Å². The average molecular weight is 287 g/mol. The highest BCUT2D eigenvalue weighted by atomic mass is 16.6. The van der Waals surface area contributed by atoms with Crippen LogP contribution >= 0.6 is 0 Å². The zero-order chi connectivity index (χ0) is 14.8. The lowest BCUT2D eigenvalue weighted by atomic mass is 10.2. The van der Waals surface area contributed by atoms with Gasteiger partial charge in [-0.2, -0.15) is 0 Å². The van der Waals surface area contributed by atoms with E-state index < -0.39 is 5.91 Å². The number of nitrogens with one attached hydrogen (secondary N) is 2. The van der Waals surface area contributed by atoms with Crippen LogP contribution in [0.1, 0.15) is 16.4 Å². The van der Waals surface area contributed by atoms with Gasteiger partial charge in [-0.05, 0) is 25.1 Å². The maximum atomic E-state index is 12.0. The fourth-order valence-electron chi connectivity index (χ4n) is 2.01. The summed E-state index contributed by atoms with van der Waals surface area (Å²) in [7, 11) is 0. The molecule has 0 radical (unpaired) electrons. The molecular weight excluding hydrogens is 274 g/mol.